The zero-order valence-corrected chi connectivity index (χ0v) is 55.0. The van der Waals surface area contributed by atoms with Crippen LogP contribution in [0.15, 0.2) is 103 Å². The van der Waals surface area contributed by atoms with Gasteiger partial charge in [-0.05, 0) is 63.1 Å². The summed E-state index contributed by atoms with van der Waals surface area (Å²) in [7, 11) is -0.842. The first kappa shape index (κ1) is 66.7. The van der Waals surface area contributed by atoms with E-state index in [1.807, 2.05) is 24.3 Å². The number of carbonyl (C=O) groups is 3. The fraction of sp³-hybridized carbons (Fsp3) is 0.500. The summed E-state index contributed by atoms with van der Waals surface area (Å²) in [4.78, 5) is 40.1. The second kappa shape index (κ2) is 31.0. The van der Waals surface area contributed by atoms with Crippen molar-refractivity contribution in [2.75, 3.05) is 47.6 Å². The van der Waals surface area contributed by atoms with Gasteiger partial charge >= 0.3 is 226 Å². The fourth-order valence-electron chi connectivity index (χ4n) is 8.23. The molecule has 1 saturated heterocycles. The minimum absolute atomic E-state index is 0.0524. The summed E-state index contributed by atoms with van der Waals surface area (Å²) in [5.41, 5.74) is 2.36. The number of cyclic esters (lactones) is 1. The molecular formula is C62H87FO14SeSi3. The van der Waals surface area contributed by atoms with Crippen LogP contribution in [0.4, 0.5) is 4.39 Å². The molecule has 5 atom stereocenters. The van der Waals surface area contributed by atoms with Crippen molar-refractivity contribution in [1.29, 1.82) is 0 Å². The Hall–Kier alpha value is -5.09. The van der Waals surface area contributed by atoms with Gasteiger partial charge in [0.25, 0.3) is 0 Å². The van der Waals surface area contributed by atoms with E-state index in [1.165, 1.54) is 17.6 Å². The van der Waals surface area contributed by atoms with Gasteiger partial charge in [-0.2, -0.15) is 0 Å². The van der Waals surface area contributed by atoms with Gasteiger partial charge in [-0.25, -0.2) is 14.0 Å². The average Bonchev–Trinajstić information content (AvgIpc) is 3.70. The molecule has 0 saturated carbocycles. The molecule has 14 nitrogen and oxygen atoms in total. The maximum absolute atomic E-state index is 16.2. The van der Waals surface area contributed by atoms with Crippen molar-refractivity contribution in [3.05, 3.63) is 131 Å². The average molecular weight is 1240 g/mol. The van der Waals surface area contributed by atoms with E-state index in [-0.39, 0.29) is 57.8 Å². The number of esters is 3. The van der Waals surface area contributed by atoms with Crippen LogP contribution in [-0.2, 0) is 38.5 Å². The van der Waals surface area contributed by atoms with Crippen molar-refractivity contribution in [2.45, 2.75) is 147 Å². The molecule has 1 fully saturated rings. The van der Waals surface area contributed by atoms with Gasteiger partial charge in [0.05, 0.1) is 18.3 Å². The van der Waals surface area contributed by atoms with Crippen molar-refractivity contribution in [1.82, 2.24) is 0 Å². The topological polar surface area (TPSA) is 153 Å². The van der Waals surface area contributed by atoms with Gasteiger partial charge in [-0.15, -0.1) is 0 Å². The molecule has 0 bridgehead atoms. The number of hydrogen-bond acceptors (Lipinski definition) is 14. The molecule has 0 aromatic heterocycles. The van der Waals surface area contributed by atoms with Crippen LogP contribution in [0.25, 0.3) is 6.08 Å². The monoisotopic (exact) mass is 1240 g/mol. The number of carbonyl (C=O) groups excluding carboxylic acids is 3. The van der Waals surface area contributed by atoms with Crippen molar-refractivity contribution in [3.63, 3.8) is 0 Å². The molecule has 19 heteroatoms. The van der Waals surface area contributed by atoms with E-state index in [9.17, 15) is 14.4 Å². The van der Waals surface area contributed by atoms with Gasteiger partial charge < -0.3 is 33.2 Å². The third-order valence-corrected chi connectivity index (χ3v) is 20.3. The van der Waals surface area contributed by atoms with E-state index < -0.39 is 78.1 Å². The normalized spacial score (nSPS) is 20.3. The first-order valence-corrected chi connectivity index (χ1v) is 40.9. The SMILES string of the molecule is COCOc1cc(OCC[Si](C)(C)C)cc(C[Se]c2ccccc2)c1C(=O)OCC[Si](C)(C)C.COCOc1cc(OCC[Si](C)(C)C)cc2c1C(=O)O[C@@H](C)[C@H](C)/C=C(/F)C(OC(=O)c1ccccc1)C1OC(C)(C)OC1C/C=C/2. The molecule has 3 unspecified atom stereocenters. The van der Waals surface area contributed by atoms with E-state index in [0.717, 1.165) is 34.8 Å². The Balaban J connectivity index is 0.000000314. The Morgan fingerprint density at radius 2 is 1.26 bits per heavy atom. The van der Waals surface area contributed by atoms with Crippen LogP contribution in [-0.4, -0.2) is 135 Å². The van der Waals surface area contributed by atoms with Crippen LogP contribution >= 0.6 is 0 Å². The molecular weight excluding hydrogens is 1150 g/mol. The van der Waals surface area contributed by atoms with Gasteiger partial charge in [0.2, 0.25) is 0 Å². The first-order valence-electron chi connectivity index (χ1n) is 27.7. The number of halogens is 1. The Morgan fingerprint density at radius 1 is 0.704 bits per heavy atom. The van der Waals surface area contributed by atoms with Gasteiger partial charge in [0, 0.05) is 27.2 Å². The number of benzene rings is 4. The van der Waals surface area contributed by atoms with E-state index in [4.69, 9.17) is 52.1 Å². The summed E-state index contributed by atoms with van der Waals surface area (Å²) in [6.07, 6.45) is 1.25. The van der Waals surface area contributed by atoms with Gasteiger partial charge in [-0.3, -0.25) is 0 Å². The Labute approximate surface area is 489 Å². The smallest absolute Gasteiger partial charge is 0.342 e. The molecule has 6 rings (SSSR count). The summed E-state index contributed by atoms with van der Waals surface area (Å²) in [5, 5.41) is 0.740. The second-order valence-corrected chi connectivity index (χ2v) is 43.4. The molecule has 4 aromatic rings. The molecule has 4 aromatic carbocycles. The minimum Gasteiger partial charge on any atom is -0.494 e. The van der Waals surface area contributed by atoms with Gasteiger partial charge in [0.15, 0.2) is 18.7 Å². The first-order chi connectivity index (χ1) is 38.2. The molecule has 0 amide bonds. The van der Waals surface area contributed by atoms with Crippen molar-refractivity contribution < 1.29 is 70.9 Å². The molecule has 81 heavy (non-hydrogen) atoms. The maximum Gasteiger partial charge on any atom is 0.342 e. The van der Waals surface area contributed by atoms with Crippen LogP contribution < -0.4 is 23.4 Å². The van der Waals surface area contributed by atoms with Crippen LogP contribution in [0.1, 0.15) is 76.3 Å². The van der Waals surface area contributed by atoms with Crippen LogP contribution in [0.2, 0.25) is 77.1 Å². The summed E-state index contributed by atoms with van der Waals surface area (Å²) < 4.78 is 81.5. The Bertz CT molecular complexity index is 2720. The van der Waals surface area contributed by atoms with E-state index >= 15 is 4.39 Å². The molecule has 2 aliphatic heterocycles. The molecule has 2 aliphatic rings. The standard InChI is InChI=1S/C36H47FO9Si.C26H40O5SeSi2/c1-23-19-28(37)32(44-34(38)25-13-10-9-11-14-25)33-29(45-36(3,4)46-33)16-12-15-26-20-27(41-17-18-47(6,7)8)21-30(42-22-40-5)31(26)35(39)43-24(23)2;1-28-20-31-24-18-22(29-13-15-33(2,3)4)17-21(19-32-23-11-9-8-10-12-23)25(24)26(27)30-14-16-34(5,6)7/h9-15,19-21,23-24,29,32-33H,16-18,22H2,1-8H3;8-12,17-18H,13-16,19-20H2,1-7H3/b15-12+,28-19+;/t23-,24+,29?,32?,33?;/m1./s1. The fourth-order valence-corrected chi connectivity index (χ4v) is 12.3. The van der Waals surface area contributed by atoms with E-state index in [1.54, 1.807) is 95.5 Å². The zero-order valence-electron chi connectivity index (χ0n) is 50.3. The van der Waals surface area contributed by atoms with Crippen molar-refractivity contribution >= 4 is 67.6 Å². The van der Waals surface area contributed by atoms with Gasteiger partial charge in [-0.1, -0.05) is 56.9 Å². The molecule has 0 spiro atoms. The predicted molar refractivity (Wildman–Crippen MR) is 326 cm³/mol. The number of ether oxygens (including phenoxy) is 11. The second-order valence-electron chi connectivity index (χ2n) is 24.3. The molecule has 2 heterocycles. The number of rotatable bonds is 23. The molecule has 0 N–H and O–H groups in total. The number of methoxy groups -OCH3 is 2. The van der Waals surface area contributed by atoms with Crippen LogP contribution in [0.5, 0.6) is 23.0 Å². The molecule has 0 aliphatic carbocycles. The third-order valence-electron chi connectivity index (χ3n) is 13.0. The van der Waals surface area contributed by atoms with Gasteiger partial charge in [0.1, 0.15) is 35.1 Å². The predicted octanol–water partition coefficient (Wildman–Crippen LogP) is 13.0. The Morgan fingerprint density at radius 3 is 1.85 bits per heavy atom. The largest absolute Gasteiger partial charge is 0.494 e. The Kier molecular flexibility index (Phi) is 25.5. The summed E-state index contributed by atoms with van der Waals surface area (Å²) in [6, 6.07) is 28.9. The summed E-state index contributed by atoms with van der Waals surface area (Å²) in [5.74, 6) is -2.15. The minimum atomic E-state index is -1.41. The summed E-state index contributed by atoms with van der Waals surface area (Å²) >= 11 is 0.157. The quantitative estimate of drug-likeness (QED) is 0.0299. The molecule has 0 radical (unpaired) electrons. The van der Waals surface area contributed by atoms with E-state index in [0.29, 0.717) is 42.4 Å². The van der Waals surface area contributed by atoms with Crippen LogP contribution in [0.3, 0.4) is 0 Å². The summed E-state index contributed by atoms with van der Waals surface area (Å²) in [6.45, 7) is 29.0. The van der Waals surface area contributed by atoms with Crippen molar-refractivity contribution in [2.24, 2.45) is 5.92 Å². The zero-order chi connectivity index (χ0) is 59.5. The number of hydrogen-bond donors (Lipinski definition) is 0. The van der Waals surface area contributed by atoms with Crippen LogP contribution in [0, 0.1) is 5.92 Å². The van der Waals surface area contributed by atoms with E-state index in [2.05, 4.69) is 71.1 Å². The maximum atomic E-state index is 16.2. The van der Waals surface area contributed by atoms with Crippen molar-refractivity contribution in [3.8, 4) is 23.0 Å². The number of fused-ring (bicyclic) bond motifs is 2. The molecule has 444 valence electrons. The third kappa shape index (κ3) is 22.5.